The zero-order valence-electron chi connectivity index (χ0n) is 15.0. The molecule has 0 aliphatic carbocycles. The van der Waals surface area contributed by atoms with Gasteiger partial charge >= 0.3 is 0 Å². The van der Waals surface area contributed by atoms with Crippen molar-refractivity contribution in [3.63, 3.8) is 0 Å². The Morgan fingerprint density at radius 1 is 1.33 bits per heavy atom. The fourth-order valence-electron chi connectivity index (χ4n) is 3.36. The molecule has 0 bridgehead atoms. The van der Waals surface area contributed by atoms with E-state index in [1.807, 2.05) is 28.5 Å². The molecule has 1 saturated heterocycles. The summed E-state index contributed by atoms with van der Waals surface area (Å²) >= 11 is 0. The molecular weight excluding hydrogens is 345 g/mol. The molecule has 1 aliphatic heterocycles. The van der Waals surface area contributed by atoms with E-state index in [2.05, 4.69) is 14.8 Å². The van der Waals surface area contributed by atoms with Crippen LogP contribution in [0.5, 0.6) is 0 Å². The summed E-state index contributed by atoms with van der Waals surface area (Å²) in [5.74, 6) is 0.724. The summed E-state index contributed by atoms with van der Waals surface area (Å²) in [5, 5.41) is 0. The third-order valence-electron chi connectivity index (χ3n) is 4.83. The minimum absolute atomic E-state index is 0.384. The van der Waals surface area contributed by atoms with Gasteiger partial charge in [0.05, 0.1) is 30.4 Å². The third-order valence-corrected chi connectivity index (χ3v) is 4.83. The van der Waals surface area contributed by atoms with Gasteiger partial charge < -0.3 is 15.2 Å². The predicted molar refractivity (Wildman–Crippen MR) is 102 cm³/mol. The normalized spacial score (nSPS) is 20.0. The van der Waals surface area contributed by atoms with E-state index in [1.165, 1.54) is 0 Å². The molecule has 8 heteroatoms. The van der Waals surface area contributed by atoms with Gasteiger partial charge in [-0.3, -0.25) is 4.98 Å². The summed E-state index contributed by atoms with van der Waals surface area (Å²) < 4.78 is 15.9. The first kappa shape index (κ1) is 17.4. The van der Waals surface area contributed by atoms with Crippen LogP contribution in [0.3, 0.4) is 0 Å². The lowest BCUT2D eigenvalue weighted by Gasteiger charge is -2.34. The van der Waals surface area contributed by atoms with E-state index in [9.17, 15) is 4.39 Å². The number of anilines is 1. The first-order chi connectivity index (χ1) is 13.0. The molecule has 0 spiro atoms. The lowest BCUT2D eigenvalue weighted by atomic mass is 10.1. The zero-order valence-corrected chi connectivity index (χ0v) is 15.0. The van der Waals surface area contributed by atoms with Gasteiger partial charge in [0.15, 0.2) is 5.65 Å². The van der Waals surface area contributed by atoms with Gasteiger partial charge in [-0.2, -0.15) is 4.98 Å². The van der Waals surface area contributed by atoms with Gasteiger partial charge in [0, 0.05) is 25.5 Å². The number of halogens is 1. The maximum atomic E-state index is 13.8. The fourth-order valence-corrected chi connectivity index (χ4v) is 3.36. The summed E-state index contributed by atoms with van der Waals surface area (Å²) in [6, 6.07) is 5.10. The molecule has 2 N–H and O–H groups in total. The number of rotatable bonds is 3. The highest BCUT2D eigenvalue weighted by atomic mass is 19.1. The summed E-state index contributed by atoms with van der Waals surface area (Å²) in [6.45, 7) is 10.5. The quantitative estimate of drug-likeness (QED) is 0.722. The van der Waals surface area contributed by atoms with Crippen LogP contribution in [0.4, 0.5) is 16.0 Å². The maximum absolute atomic E-state index is 13.8. The number of imidazole rings is 1. The predicted octanol–water partition coefficient (Wildman–Crippen LogP) is 2.61. The Balaban J connectivity index is 1.76. The van der Waals surface area contributed by atoms with Gasteiger partial charge in [-0.05, 0) is 31.0 Å². The molecule has 1 fully saturated rings. The SMILES string of the molecule is [C-]#[N+]c1ccc(Cn2c(N3CC[C@@H](F)[C@H](N)C3)nc3ncc(C)cc32)nc1. The van der Waals surface area contributed by atoms with Crippen molar-refractivity contribution in [1.29, 1.82) is 0 Å². The molecular formula is C19H20FN7. The Kier molecular flexibility index (Phi) is 4.46. The third kappa shape index (κ3) is 3.34. The number of hydrogen-bond donors (Lipinski definition) is 1. The van der Waals surface area contributed by atoms with Gasteiger partial charge in [-0.1, -0.05) is 6.07 Å². The van der Waals surface area contributed by atoms with E-state index in [-0.39, 0.29) is 0 Å². The van der Waals surface area contributed by atoms with Gasteiger partial charge in [0.25, 0.3) is 0 Å². The molecule has 27 heavy (non-hydrogen) atoms. The largest absolute Gasteiger partial charge is 0.340 e. The molecule has 3 aromatic heterocycles. The van der Waals surface area contributed by atoms with Gasteiger partial charge in [-0.25, -0.2) is 14.2 Å². The number of pyridine rings is 2. The second kappa shape index (κ2) is 6.93. The van der Waals surface area contributed by atoms with Crippen molar-refractivity contribution in [1.82, 2.24) is 19.5 Å². The first-order valence-corrected chi connectivity index (χ1v) is 8.85. The molecule has 0 unspecified atom stereocenters. The van der Waals surface area contributed by atoms with Crippen LogP contribution < -0.4 is 10.6 Å². The average Bonchev–Trinajstić information content (AvgIpc) is 3.02. The van der Waals surface area contributed by atoms with Gasteiger partial charge in [0.1, 0.15) is 6.17 Å². The Morgan fingerprint density at radius 2 is 2.19 bits per heavy atom. The van der Waals surface area contributed by atoms with E-state index >= 15 is 0 Å². The molecule has 4 heterocycles. The zero-order chi connectivity index (χ0) is 19.0. The molecule has 4 rings (SSSR count). The van der Waals surface area contributed by atoms with Crippen LogP contribution in [0.2, 0.25) is 0 Å². The highest BCUT2D eigenvalue weighted by Gasteiger charge is 2.29. The summed E-state index contributed by atoms with van der Waals surface area (Å²) in [6.07, 6.45) is 2.75. The molecule has 3 aromatic rings. The van der Waals surface area contributed by atoms with Crippen molar-refractivity contribution in [3.8, 4) is 0 Å². The Labute approximate surface area is 156 Å². The molecule has 7 nitrogen and oxygen atoms in total. The Morgan fingerprint density at radius 3 is 2.89 bits per heavy atom. The van der Waals surface area contributed by atoms with E-state index in [0.717, 1.165) is 22.7 Å². The second-order valence-corrected chi connectivity index (χ2v) is 6.89. The standard InChI is InChI=1S/C19H20FN7/c1-12-7-17-18(24-8-12)25-19(26-6-5-15(20)16(21)11-26)27(17)10-14-4-3-13(22-2)9-23-14/h3-4,7-9,15-16H,5-6,10-11,21H2,1H3/t15-,16-/m1/s1. The van der Waals surface area contributed by atoms with Crippen LogP contribution in [0, 0.1) is 13.5 Å². The number of alkyl halides is 1. The van der Waals surface area contributed by atoms with Crippen molar-refractivity contribution in [2.45, 2.75) is 32.1 Å². The lowest BCUT2D eigenvalue weighted by Crippen LogP contribution is -2.50. The van der Waals surface area contributed by atoms with Gasteiger partial charge in [0.2, 0.25) is 11.6 Å². The number of aryl methyl sites for hydroxylation is 1. The van der Waals surface area contributed by atoms with Crippen LogP contribution >= 0.6 is 0 Å². The summed E-state index contributed by atoms with van der Waals surface area (Å²) in [5.41, 5.74) is 9.84. The first-order valence-electron chi connectivity index (χ1n) is 8.85. The maximum Gasteiger partial charge on any atom is 0.208 e. The number of nitrogens with zero attached hydrogens (tertiary/aromatic N) is 6. The molecule has 0 radical (unpaired) electrons. The molecule has 0 saturated carbocycles. The van der Waals surface area contributed by atoms with Crippen molar-refractivity contribution in [2.24, 2.45) is 5.73 Å². The number of aromatic nitrogens is 4. The smallest absolute Gasteiger partial charge is 0.208 e. The number of fused-ring (bicyclic) bond motifs is 1. The van der Waals surface area contributed by atoms with Crippen LogP contribution in [0.15, 0.2) is 30.6 Å². The summed E-state index contributed by atoms with van der Waals surface area (Å²) in [4.78, 5) is 18.9. The highest BCUT2D eigenvalue weighted by Crippen LogP contribution is 2.26. The topological polar surface area (TPSA) is 77.2 Å². The van der Waals surface area contributed by atoms with E-state index in [1.54, 1.807) is 18.5 Å². The van der Waals surface area contributed by atoms with Gasteiger partial charge in [-0.15, -0.1) is 0 Å². The Hall–Kier alpha value is -3.05. The average molecular weight is 365 g/mol. The monoisotopic (exact) mass is 365 g/mol. The van der Waals surface area contributed by atoms with Crippen molar-refractivity contribution >= 4 is 22.8 Å². The van der Waals surface area contributed by atoms with E-state index < -0.39 is 12.2 Å². The number of nitrogens with two attached hydrogens (primary N) is 1. The van der Waals surface area contributed by atoms with Crippen LogP contribution in [-0.2, 0) is 6.54 Å². The van der Waals surface area contributed by atoms with Crippen molar-refractivity contribution < 1.29 is 4.39 Å². The summed E-state index contributed by atoms with van der Waals surface area (Å²) in [7, 11) is 0. The Bertz CT molecular complexity index is 1010. The van der Waals surface area contributed by atoms with Crippen molar-refractivity contribution in [3.05, 3.63) is 53.3 Å². The van der Waals surface area contributed by atoms with Crippen LogP contribution in [0.1, 0.15) is 17.7 Å². The molecule has 0 amide bonds. The number of piperidine rings is 1. The molecule has 138 valence electrons. The minimum Gasteiger partial charge on any atom is -0.340 e. The van der Waals surface area contributed by atoms with E-state index in [0.29, 0.717) is 37.4 Å². The molecule has 2 atom stereocenters. The van der Waals surface area contributed by atoms with Crippen LogP contribution in [-0.4, -0.2) is 44.8 Å². The van der Waals surface area contributed by atoms with Crippen LogP contribution in [0.25, 0.3) is 16.0 Å². The molecule has 1 aliphatic rings. The highest BCUT2D eigenvalue weighted by molar-refractivity contribution is 5.75. The minimum atomic E-state index is -0.984. The number of hydrogen-bond acceptors (Lipinski definition) is 5. The second-order valence-electron chi connectivity index (χ2n) is 6.89. The molecule has 0 aromatic carbocycles. The van der Waals surface area contributed by atoms with Crippen molar-refractivity contribution in [2.75, 3.05) is 18.0 Å². The lowest BCUT2D eigenvalue weighted by molar-refractivity contribution is 0.243. The van der Waals surface area contributed by atoms with E-state index in [4.69, 9.17) is 17.3 Å². The fraction of sp³-hybridized carbons (Fsp3) is 0.368.